The summed E-state index contributed by atoms with van der Waals surface area (Å²) < 4.78 is 0. The van der Waals surface area contributed by atoms with Crippen LogP contribution in [0.15, 0.2) is 18.2 Å². The van der Waals surface area contributed by atoms with Gasteiger partial charge in [-0.3, -0.25) is 4.79 Å². The molecule has 2 aliphatic rings. The number of amides is 1. The monoisotopic (exact) mass is 315 g/mol. The van der Waals surface area contributed by atoms with Gasteiger partial charge in [0.25, 0.3) is 0 Å². The molecule has 1 aromatic carbocycles. The number of hydrogen-bond acceptors (Lipinski definition) is 3. The second-order valence-electron chi connectivity index (χ2n) is 7.11. The average molecular weight is 315 g/mol. The number of nitrogens with zero attached hydrogens (tertiary/aromatic N) is 3. The predicted molar refractivity (Wildman–Crippen MR) is 94.9 cm³/mol. The molecule has 126 valence electrons. The van der Waals surface area contributed by atoms with Crippen LogP contribution in [0.25, 0.3) is 0 Å². The molecule has 1 amide bonds. The van der Waals surface area contributed by atoms with Gasteiger partial charge in [-0.25, -0.2) is 0 Å². The van der Waals surface area contributed by atoms with Gasteiger partial charge in [0.1, 0.15) is 0 Å². The number of hydrogen-bond donors (Lipinski definition) is 0. The lowest BCUT2D eigenvalue weighted by Gasteiger charge is -2.39. The summed E-state index contributed by atoms with van der Waals surface area (Å²) in [6.45, 7) is 10.1. The Balaban J connectivity index is 1.58. The SMILES string of the molecule is Cc1cccc(N2CCN(C(=O)C3CCN(C)CC3)CC2)c1C. The Hall–Kier alpha value is -1.55. The van der Waals surface area contributed by atoms with Crippen molar-refractivity contribution in [2.24, 2.45) is 5.92 Å². The van der Waals surface area contributed by atoms with Gasteiger partial charge < -0.3 is 14.7 Å². The Morgan fingerprint density at radius 2 is 1.65 bits per heavy atom. The Morgan fingerprint density at radius 3 is 2.30 bits per heavy atom. The highest BCUT2D eigenvalue weighted by atomic mass is 16.2. The van der Waals surface area contributed by atoms with Crippen molar-refractivity contribution in [1.82, 2.24) is 9.80 Å². The van der Waals surface area contributed by atoms with Crippen LogP contribution >= 0.6 is 0 Å². The Bertz CT molecular complexity index is 556. The minimum absolute atomic E-state index is 0.249. The largest absolute Gasteiger partial charge is 0.368 e. The first-order valence-electron chi connectivity index (χ1n) is 8.85. The van der Waals surface area contributed by atoms with Gasteiger partial charge in [0, 0.05) is 37.8 Å². The van der Waals surface area contributed by atoms with Gasteiger partial charge in [-0.15, -0.1) is 0 Å². The maximum Gasteiger partial charge on any atom is 0.225 e. The predicted octanol–water partition coefficient (Wildman–Crippen LogP) is 2.29. The molecule has 0 aromatic heterocycles. The van der Waals surface area contributed by atoms with Gasteiger partial charge in [-0.1, -0.05) is 12.1 Å². The molecule has 23 heavy (non-hydrogen) atoms. The fourth-order valence-corrected chi connectivity index (χ4v) is 3.76. The summed E-state index contributed by atoms with van der Waals surface area (Å²) in [5.74, 6) is 0.636. The molecule has 1 aromatic rings. The molecule has 4 nitrogen and oxygen atoms in total. The number of piperazine rings is 1. The van der Waals surface area contributed by atoms with E-state index >= 15 is 0 Å². The fourth-order valence-electron chi connectivity index (χ4n) is 3.76. The quantitative estimate of drug-likeness (QED) is 0.838. The van der Waals surface area contributed by atoms with Crippen LogP contribution in [0.2, 0.25) is 0 Å². The van der Waals surface area contributed by atoms with Crippen molar-refractivity contribution in [2.45, 2.75) is 26.7 Å². The first-order valence-corrected chi connectivity index (χ1v) is 8.85. The molecule has 2 fully saturated rings. The summed E-state index contributed by atoms with van der Waals surface area (Å²) in [6, 6.07) is 6.50. The summed E-state index contributed by atoms with van der Waals surface area (Å²) >= 11 is 0. The van der Waals surface area contributed by atoms with Gasteiger partial charge in [-0.05, 0) is 64.0 Å². The Kier molecular flexibility index (Phi) is 4.90. The number of carbonyl (C=O) groups is 1. The molecule has 2 heterocycles. The molecule has 0 atom stereocenters. The zero-order valence-corrected chi connectivity index (χ0v) is 14.7. The van der Waals surface area contributed by atoms with Crippen molar-refractivity contribution in [3.05, 3.63) is 29.3 Å². The van der Waals surface area contributed by atoms with Crippen LogP contribution in [0.5, 0.6) is 0 Å². The van der Waals surface area contributed by atoms with Crippen LogP contribution in [0, 0.1) is 19.8 Å². The molecular formula is C19H29N3O. The summed E-state index contributed by atoms with van der Waals surface area (Å²) in [6.07, 6.45) is 2.04. The van der Waals surface area contributed by atoms with Crippen molar-refractivity contribution in [1.29, 1.82) is 0 Å². The maximum atomic E-state index is 12.7. The molecule has 0 bridgehead atoms. The molecule has 0 unspecified atom stereocenters. The first-order chi connectivity index (χ1) is 11.1. The zero-order valence-electron chi connectivity index (χ0n) is 14.7. The number of likely N-dealkylation sites (tertiary alicyclic amines) is 1. The van der Waals surface area contributed by atoms with Crippen molar-refractivity contribution in [3.63, 3.8) is 0 Å². The lowest BCUT2D eigenvalue weighted by molar-refractivity contribution is -0.137. The lowest BCUT2D eigenvalue weighted by atomic mass is 9.95. The van der Waals surface area contributed by atoms with Crippen molar-refractivity contribution in [2.75, 3.05) is 51.2 Å². The standard InChI is InChI=1S/C19H29N3O/c1-15-5-4-6-18(16(15)2)21-11-13-22(14-12-21)19(23)17-7-9-20(3)10-8-17/h4-6,17H,7-14H2,1-3H3. The number of aryl methyl sites for hydroxylation is 1. The van der Waals surface area contributed by atoms with Gasteiger partial charge in [0.15, 0.2) is 0 Å². The highest BCUT2D eigenvalue weighted by Crippen LogP contribution is 2.25. The molecule has 0 radical (unpaired) electrons. The molecule has 0 spiro atoms. The third-order valence-corrected chi connectivity index (χ3v) is 5.58. The number of anilines is 1. The van der Waals surface area contributed by atoms with Gasteiger partial charge in [0.2, 0.25) is 5.91 Å². The van der Waals surface area contributed by atoms with Crippen molar-refractivity contribution >= 4 is 11.6 Å². The van der Waals surface area contributed by atoms with Gasteiger partial charge in [0.05, 0.1) is 0 Å². The molecule has 4 heteroatoms. The van der Waals surface area contributed by atoms with E-state index in [0.717, 1.165) is 52.1 Å². The normalized spacial score (nSPS) is 20.8. The first kappa shape index (κ1) is 16.3. The highest BCUT2D eigenvalue weighted by molar-refractivity contribution is 5.79. The molecule has 2 saturated heterocycles. The zero-order chi connectivity index (χ0) is 16.4. The van der Waals surface area contributed by atoms with Crippen LogP contribution < -0.4 is 4.90 Å². The molecule has 2 aliphatic heterocycles. The molecule has 0 aliphatic carbocycles. The van der Waals surface area contributed by atoms with E-state index in [-0.39, 0.29) is 5.92 Å². The second-order valence-corrected chi connectivity index (χ2v) is 7.11. The van der Waals surface area contributed by atoms with Crippen LogP contribution in [0.4, 0.5) is 5.69 Å². The summed E-state index contributed by atoms with van der Waals surface area (Å²) in [5, 5.41) is 0. The maximum absolute atomic E-state index is 12.7. The van der Waals surface area contributed by atoms with Gasteiger partial charge in [-0.2, -0.15) is 0 Å². The third-order valence-electron chi connectivity index (χ3n) is 5.58. The van der Waals surface area contributed by atoms with Crippen LogP contribution in [0.1, 0.15) is 24.0 Å². The second kappa shape index (κ2) is 6.91. The summed E-state index contributed by atoms with van der Waals surface area (Å²) in [4.78, 5) is 19.6. The number of rotatable bonds is 2. The van der Waals surface area contributed by atoms with Crippen LogP contribution in [-0.2, 0) is 4.79 Å². The van der Waals surface area contributed by atoms with E-state index in [1.807, 2.05) is 0 Å². The van der Waals surface area contributed by atoms with E-state index in [9.17, 15) is 4.79 Å². The van der Waals surface area contributed by atoms with E-state index < -0.39 is 0 Å². The molecular weight excluding hydrogens is 286 g/mol. The van der Waals surface area contributed by atoms with E-state index in [0.29, 0.717) is 5.91 Å². The average Bonchev–Trinajstić information content (AvgIpc) is 2.58. The third kappa shape index (κ3) is 3.52. The smallest absolute Gasteiger partial charge is 0.225 e. The minimum atomic E-state index is 0.249. The number of piperidine rings is 1. The van der Waals surface area contributed by atoms with E-state index in [4.69, 9.17) is 0 Å². The Morgan fingerprint density at radius 1 is 1.00 bits per heavy atom. The van der Waals surface area contributed by atoms with Gasteiger partial charge >= 0.3 is 0 Å². The minimum Gasteiger partial charge on any atom is -0.368 e. The van der Waals surface area contributed by atoms with E-state index in [1.165, 1.54) is 16.8 Å². The summed E-state index contributed by atoms with van der Waals surface area (Å²) in [5.41, 5.74) is 4.03. The topological polar surface area (TPSA) is 26.8 Å². The highest BCUT2D eigenvalue weighted by Gasteiger charge is 2.29. The Labute approximate surface area is 140 Å². The van der Waals surface area contributed by atoms with E-state index in [2.05, 4.69) is 53.8 Å². The molecule has 0 saturated carbocycles. The fraction of sp³-hybridized carbons (Fsp3) is 0.632. The van der Waals surface area contributed by atoms with Crippen molar-refractivity contribution in [3.8, 4) is 0 Å². The van der Waals surface area contributed by atoms with Crippen LogP contribution in [-0.4, -0.2) is 62.0 Å². The number of benzene rings is 1. The molecule has 3 rings (SSSR count). The lowest BCUT2D eigenvalue weighted by Crippen LogP contribution is -2.51. The summed E-state index contributed by atoms with van der Waals surface area (Å²) in [7, 11) is 2.14. The van der Waals surface area contributed by atoms with Crippen LogP contribution in [0.3, 0.4) is 0 Å². The van der Waals surface area contributed by atoms with E-state index in [1.54, 1.807) is 0 Å². The molecule has 0 N–H and O–H groups in total. The van der Waals surface area contributed by atoms with Crippen molar-refractivity contribution < 1.29 is 4.79 Å². The number of carbonyl (C=O) groups excluding carboxylic acids is 1.